The van der Waals surface area contributed by atoms with E-state index in [2.05, 4.69) is 34.5 Å². The molecule has 0 unspecified atom stereocenters. The van der Waals surface area contributed by atoms with Crippen molar-refractivity contribution in [2.24, 2.45) is 0 Å². The third-order valence-electron chi connectivity index (χ3n) is 3.80. The van der Waals surface area contributed by atoms with E-state index < -0.39 is 0 Å². The van der Waals surface area contributed by atoms with E-state index in [1.807, 2.05) is 11.0 Å². The van der Waals surface area contributed by atoms with Crippen molar-refractivity contribution < 1.29 is 9.53 Å². The summed E-state index contributed by atoms with van der Waals surface area (Å²) in [5.41, 5.74) is 1.37. The SMILES string of the molecule is COCCNC(=O)N1CCN(CCc2ccccc2)CC1. The molecule has 0 radical (unpaired) electrons. The Kier molecular flexibility index (Phi) is 6.50. The van der Waals surface area contributed by atoms with Crippen LogP contribution in [-0.2, 0) is 11.2 Å². The minimum atomic E-state index is 0.0229. The minimum Gasteiger partial charge on any atom is -0.383 e. The molecule has 1 aromatic rings. The first-order valence-electron chi connectivity index (χ1n) is 7.57. The summed E-state index contributed by atoms with van der Waals surface area (Å²) in [5, 5.41) is 2.87. The van der Waals surface area contributed by atoms with Crippen LogP contribution in [0.4, 0.5) is 4.79 Å². The number of carbonyl (C=O) groups excluding carboxylic acids is 1. The molecule has 116 valence electrons. The van der Waals surface area contributed by atoms with Gasteiger partial charge >= 0.3 is 6.03 Å². The standard InChI is InChI=1S/C16H25N3O2/c1-21-14-8-17-16(20)19-12-10-18(11-13-19)9-7-15-5-3-2-4-6-15/h2-6H,7-14H2,1H3,(H,17,20). The average molecular weight is 291 g/mol. The van der Waals surface area contributed by atoms with Crippen LogP contribution in [0.2, 0.25) is 0 Å². The van der Waals surface area contributed by atoms with Crippen LogP contribution in [0.25, 0.3) is 0 Å². The Morgan fingerprint density at radius 2 is 1.90 bits per heavy atom. The predicted molar refractivity (Wildman–Crippen MR) is 83.4 cm³/mol. The maximum atomic E-state index is 11.9. The van der Waals surface area contributed by atoms with Gasteiger partial charge in [0.25, 0.3) is 0 Å². The molecular weight excluding hydrogens is 266 g/mol. The van der Waals surface area contributed by atoms with Crippen molar-refractivity contribution in [2.45, 2.75) is 6.42 Å². The molecule has 1 heterocycles. The molecule has 0 saturated carbocycles. The van der Waals surface area contributed by atoms with Crippen LogP contribution >= 0.6 is 0 Å². The number of nitrogens with one attached hydrogen (secondary N) is 1. The summed E-state index contributed by atoms with van der Waals surface area (Å²) in [6.45, 7) is 5.69. The number of urea groups is 1. The van der Waals surface area contributed by atoms with E-state index in [1.54, 1.807) is 7.11 Å². The van der Waals surface area contributed by atoms with E-state index in [9.17, 15) is 4.79 Å². The monoisotopic (exact) mass is 291 g/mol. The largest absolute Gasteiger partial charge is 0.383 e. The smallest absolute Gasteiger partial charge is 0.317 e. The van der Waals surface area contributed by atoms with Gasteiger partial charge in [0.15, 0.2) is 0 Å². The highest BCUT2D eigenvalue weighted by Crippen LogP contribution is 2.05. The maximum Gasteiger partial charge on any atom is 0.317 e. The van der Waals surface area contributed by atoms with Crippen LogP contribution in [0.15, 0.2) is 30.3 Å². The summed E-state index contributed by atoms with van der Waals surface area (Å²) in [4.78, 5) is 16.2. The Hall–Kier alpha value is -1.59. The number of nitrogens with zero attached hydrogens (tertiary/aromatic N) is 2. The average Bonchev–Trinajstić information content (AvgIpc) is 2.54. The van der Waals surface area contributed by atoms with Crippen molar-refractivity contribution in [1.29, 1.82) is 0 Å². The van der Waals surface area contributed by atoms with E-state index in [0.29, 0.717) is 13.2 Å². The van der Waals surface area contributed by atoms with E-state index in [1.165, 1.54) is 5.56 Å². The van der Waals surface area contributed by atoms with Crippen molar-refractivity contribution in [3.8, 4) is 0 Å². The minimum absolute atomic E-state index is 0.0229. The van der Waals surface area contributed by atoms with E-state index in [4.69, 9.17) is 4.74 Å². The molecule has 1 aliphatic heterocycles. The quantitative estimate of drug-likeness (QED) is 0.801. The third-order valence-corrected chi connectivity index (χ3v) is 3.80. The predicted octanol–water partition coefficient (Wildman–Crippen LogP) is 1.20. The van der Waals surface area contributed by atoms with Crippen molar-refractivity contribution >= 4 is 6.03 Å². The van der Waals surface area contributed by atoms with Crippen molar-refractivity contribution in [3.63, 3.8) is 0 Å². The summed E-state index contributed by atoms with van der Waals surface area (Å²) in [7, 11) is 1.64. The molecule has 0 spiro atoms. The lowest BCUT2D eigenvalue weighted by molar-refractivity contribution is 0.136. The second kappa shape index (κ2) is 8.64. The molecular formula is C16H25N3O2. The maximum absolute atomic E-state index is 11.9. The number of piperazine rings is 1. The Balaban J connectivity index is 1.65. The second-order valence-electron chi connectivity index (χ2n) is 5.29. The molecule has 0 aliphatic carbocycles. The number of carbonyl (C=O) groups is 1. The normalized spacial score (nSPS) is 16.0. The molecule has 1 aromatic carbocycles. The topological polar surface area (TPSA) is 44.8 Å². The molecule has 0 bridgehead atoms. The van der Waals surface area contributed by atoms with Crippen LogP contribution in [0.3, 0.4) is 0 Å². The zero-order valence-electron chi connectivity index (χ0n) is 12.8. The number of amides is 2. The van der Waals surface area contributed by atoms with Crippen LogP contribution in [0.1, 0.15) is 5.56 Å². The van der Waals surface area contributed by atoms with Crippen molar-refractivity contribution in [1.82, 2.24) is 15.1 Å². The van der Waals surface area contributed by atoms with Gasteiger partial charge in [-0.15, -0.1) is 0 Å². The van der Waals surface area contributed by atoms with Gasteiger partial charge in [-0.1, -0.05) is 30.3 Å². The molecule has 21 heavy (non-hydrogen) atoms. The third kappa shape index (κ3) is 5.36. The summed E-state index contributed by atoms with van der Waals surface area (Å²) >= 11 is 0. The van der Waals surface area contributed by atoms with Gasteiger partial charge in [-0.25, -0.2) is 4.79 Å². The molecule has 1 fully saturated rings. The second-order valence-corrected chi connectivity index (χ2v) is 5.29. The van der Waals surface area contributed by atoms with E-state index >= 15 is 0 Å². The van der Waals surface area contributed by atoms with Gasteiger partial charge < -0.3 is 15.0 Å². The highest BCUT2D eigenvalue weighted by Gasteiger charge is 2.20. The first-order chi connectivity index (χ1) is 10.3. The van der Waals surface area contributed by atoms with E-state index in [-0.39, 0.29) is 6.03 Å². The number of hydrogen-bond donors (Lipinski definition) is 1. The number of hydrogen-bond acceptors (Lipinski definition) is 3. The fraction of sp³-hybridized carbons (Fsp3) is 0.562. The summed E-state index contributed by atoms with van der Waals surface area (Å²) in [5.74, 6) is 0. The number of rotatable bonds is 6. The van der Waals surface area contributed by atoms with Crippen LogP contribution in [0.5, 0.6) is 0 Å². The lowest BCUT2D eigenvalue weighted by Crippen LogP contribution is -2.52. The van der Waals surface area contributed by atoms with Crippen LogP contribution < -0.4 is 5.32 Å². The molecule has 2 amide bonds. The van der Waals surface area contributed by atoms with Gasteiger partial charge in [-0.05, 0) is 12.0 Å². The van der Waals surface area contributed by atoms with Gasteiger partial charge in [0.05, 0.1) is 6.61 Å². The van der Waals surface area contributed by atoms with Gasteiger partial charge in [0, 0.05) is 46.4 Å². The Morgan fingerprint density at radius 3 is 2.57 bits per heavy atom. The van der Waals surface area contributed by atoms with Crippen molar-refractivity contribution in [2.75, 3.05) is 53.0 Å². The van der Waals surface area contributed by atoms with Crippen LogP contribution in [-0.4, -0.2) is 68.8 Å². The molecule has 1 aliphatic rings. The molecule has 2 rings (SSSR count). The molecule has 5 heteroatoms. The summed E-state index contributed by atoms with van der Waals surface area (Å²) < 4.78 is 4.93. The van der Waals surface area contributed by atoms with Gasteiger partial charge in [0.2, 0.25) is 0 Å². The molecule has 5 nitrogen and oxygen atoms in total. The lowest BCUT2D eigenvalue weighted by Gasteiger charge is -2.34. The first-order valence-corrected chi connectivity index (χ1v) is 7.57. The number of ether oxygens (including phenoxy) is 1. The van der Waals surface area contributed by atoms with E-state index in [0.717, 1.165) is 39.1 Å². The highest BCUT2D eigenvalue weighted by atomic mass is 16.5. The fourth-order valence-electron chi connectivity index (χ4n) is 2.48. The zero-order valence-corrected chi connectivity index (χ0v) is 12.8. The highest BCUT2D eigenvalue weighted by molar-refractivity contribution is 5.74. The lowest BCUT2D eigenvalue weighted by atomic mass is 10.1. The molecule has 0 aromatic heterocycles. The molecule has 1 N–H and O–H groups in total. The first kappa shape index (κ1) is 15.8. The van der Waals surface area contributed by atoms with Gasteiger partial charge in [-0.2, -0.15) is 0 Å². The fourth-order valence-corrected chi connectivity index (χ4v) is 2.48. The Morgan fingerprint density at radius 1 is 1.19 bits per heavy atom. The van der Waals surface area contributed by atoms with Crippen molar-refractivity contribution in [3.05, 3.63) is 35.9 Å². The van der Waals surface area contributed by atoms with Gasteiger partial charge in [0.1, 0.15) is 0 Å². The number of methoxy groups -OCH3 is 1. The Labute approximate surface area is 126 Å². The summed E-state index contributed by atoms with van der Waals surface area (Å²) in [6.07, 6.45) is 1.07. The number of benzene rings is 1. The zero-order chi connectivity index (χ0) is 14.9. The van der Waals surface area contributed by atoms with Gasteiger partial charge in [-0.3, -0.25) is 4.90 Å². The molecule has 0 atom stereocenters. The van der Waals surface area contributed by atoms with Crippen LogP contribution in [0, 0.1) is 0 Å². The Bertz CT molecular complexity index is 417. The molecule has 1 saturated heterocycles. The summed E-state index contributed by atoms with van der Waals surface area (Å²) in [6, 6.07) is 10.6.